The Bertz CT molecular complexity index is 629. The van der Waals surface area contributed by atoms with Crippen LogP contribution in [0.4, 0.5) is 5.69 Å². The summed E-state index contributed by atoms with van der Waals surface area (Å²) < 4.78 is 5.26. The molecule has 3 N–H and O–H groups in total. The first-order chi connectivity index (χ1) is 9.52. The molecule has 0 saturated heterocycles. The number of phenolic OH excluding ortho intramolecular Hbond substituents is 2. The number of benzene rings is 2. The van der Waals surface area contributed by atoms with Gasteiger partial charge in [0.1, 0.15) is 5.75 Å². The Balaban J connectivity index is 2.22. The van der Waals surface area contributed by atoms with Crippen LogP contribution in [-0.2, 0) is 6.54 Å². The third kappa shape index (κ3) is 2.91. The molecule has 0 aliphatic rings. The summed E-state index contributed by atoms with van der Waals surface area (Å²) in [5.74, 6) is 0.369. The maximum Gasteiger partial charge on any atom is 0.162 e. The molecular formula is C15H16ClNO3. The maximum atomic E-state index is 9.76. The van der Waals surface area contributed by atoms with Crippen LogP contribution in [0, 0.1) is 6.92 Å². The van der Waals surface area contributed by atoms with Crippen LogP contribution in [0.5, 0.6) is 17.2 Å². The van der Waals surface area contributed by atoms with Crippen LogP contribution in [0.1, 0.15) is 11.1 Å². The van der Waals surface area contributed by atoms with Crippen LogP contribution >= 0.6 is 11.6 Å². The first-order valence-electron chi connectivity index (χ1n) is 6.10. The molecule has 0 radical (unpaired) electrons. The van der Waals surface area contributed by atoms with E-state index in [1.165, 1.54) is 6.07 Å². The van der Waals surface area contributed by atoms with E-state index in [2.05, 4.69) is 5.32 Å². The lowest BCUT2D eigenvalue weighted by Crippen LogP contribution is -2.02. The van der Waals surface area contributed by atoms with E-state index >= 15 is 0 Å². The number of hydrogen-bond acceptors (Lipinski definition) is 4. The molecule has 0 amide bonds. The van der Waals surface area contributed by atoms with Gasteiger partial charge in [0.25, 0.3) is 0 Å². The SMILES string of the molecule is COc1cc(Cl)c(C)cc1NCc1cccc(O)c1O. The molecule has 0 fully saturated rings. The van der Waals surface area contributed by atoms with Crippen LogP contribution < -0.4 is 10.1 Å². The number of rotatable bonds is 4. The van der Waals surface area contributed by atoms with Gasteiger partial charge in [-0.2, -0.15) is 0 Å². The van der Waals surface area contributed by atoms with Crippen LogP contribution in [0.2, 0.25) is 5.02 Å². The van der Waals surface area contributed by atoms with Crippen molar-refractivity contribution in [2.24, 2.45) is 0 Å². The van der Waals surface area contributed by atoms with E-state index in [1.54, 1.807) is 25.3 Å². The highest BCUT2D eigenvalue weighted by atomic mass is 35.5. The van der Waals surface area contributed by atoms with Gasteiger partial charge in [-0.1, -0.05) is 23.7 Å². The average Bonchev–Trinajstić information content (AvgIpc) is 2.43. The summed E-state index contributed by atoms with van der Waals surface area (Å²) in [6.45, 7) is 2.26. The molecule has 0 aliphatic heterocycles. The molecule has 0 saturated carbocycles. The Morgan fingerprint density at radius 1 is 1.25 bits per heavy atom. The standard InChI is InChI=1S/C15H16ClNO3/c1-9-6-12(14(20-2)7-11(9)16)17-8-10-4-3-5-13(18)15(10)19/h3-7,17-19H,8H2,1-2H3. The summed E-state index contributed by atoms with van der Waals surface area (Å²) in [5.41, 5.74) is 2.30. The van der Waals surface area contributed by atoms with Gasteiger partial charge in [0.2, 0.25) is 0 Å². The Morgan fingerprint density at radius 2 is 2.00 bits per heavy atom. The first kappa shape index (κ1) is 14.3. The molecule has 0 bridgehead atoms. The fourth-order valence-corrected chi connectivity index (χ4v) is 2.03. The number of halogens is 1. The van der Waals surface area contributed by atoms with Gasteiger partial charge in [-0.15, -0.1) is 0 Å². The van der Waals surface area contributed by atoms with Crippen molar-refractivity contribution in [1.82, 2.24) is 0 Å². The van der Waals surface area contributed by atoms with Crippen LogP contribution in [0.3, 0.4) is 0 Å². The highest BCUT2D eigenvalue weighted by molar-refractivity contribution is 6.31. The zero-order valence-electron chi connectivity index (χ0n) is 11.3. The molecule has 2 rings (SSSR count). The molecule has 2 aromatic carbocycles. The minimum absolute atomic E-state index is 0.121. The third-order valence-electron chi connectivity index (χ3n) is 3.05. The van der Waals surface area contributed by atoms with E-state index in [4.69, 9.17) is 16.3 Å². The van der Waals surface area contributed by atoms with E-state index in [0.717, 1.165) is 11.3 Å². The van der Waals surface area contributed by atoms with Crippen LogP contribution in [-0.4, -0.2) is 17.3 Å². The first-order valence-corrected chi connectivity index (χ1v) is 6.48. The molecule has 106 valence electrons. The van der Waals surface area contributed by atoms with Gasteiger partial charge < -0.3 is 20.3 Å². The minimum atomic E-state index is -0.136. The average molecular weight is 294 g/mol. The Kier molecular flexibility index (Phi) is 4.25. The van der Waals surface area contributed by atoms with Crippen molar-refractivity contribution in [3.8, 4) is 17.2 Å². The zero-order valence-corrected chi connectivity index (χ0v) is 12.0. The highest BCUT2D eigenvalue weighted by Crippen LogP contribution is 2.33. The van der Waals surface area contributed by atoms with Crippen molar-refractivity contribution in [2.75, 3.05) is 12.4 Å². The smallest absolute Gasteiger partial charge is 0.162 e. The van der Waals surface area contributed by atoms with Crippen molar-refractivity contribution in [3.63, 3.8) is 0 Å². The van der Waals surface area contributed by atoms with E-state index < -0.39 is 0 Å². The van der Waals surface area contributed by atoms with E-state index in [0.29, 0.717) is 22.9 Å². The second-order valence-corrected chi connectivity index (χ2v) is 4.85. The molecule has 0 spiro atoms. The lowest BCUT2D eigenvalue weighted by atomic mass is 10.1. The van der Waals surface area contributed by atoms with Gasteiger partial charge in [-0.25, -0.2) is 0 Å². The van der Waals surface area contributed by atoms with Gasteiger partial charge in [0, 0.05) is 23.2 Å². The summed E-state index contributed by atoms with van der Waals surface area (Å²) in [7, 11) is 1.57. The molecule has 4 nitrogen and oxygen atoms in total. The van der Waals surface area contributed by atoms with Gasteiger partial charge in [-0.3, -0.25) is 0 Å². The van der Waals surface area contributed by atoms with Crippen molar-refractivity contribution in [3.05, 3.63) is 46.5 Å². The number of anilines is 1. The van der Waals surface area contributed by atoms with Crippen LogP contribution in [0.25, 0.3) is 0 Å². The number of ether oxygens (including phenoxy) is 1. The number of aryl methyl sites for hydroxylation is 1. The minimum Gasteiger partial charge on any atom is -0.504 e. The Morgan fingerprint density at radius 3 is 2.70 bits per heavy atom. The van der Waals surface area contributed by atoms with E-state index in [9.17, 15) is 10.2 Å². The number of phenols is 2. The quantitative estimate of drug-likeness (QED) is 0.753. The van der Waals surface area contributed by atoms with Crippen molar-refractivity contribution >= 4 is 17.3 Å². The number of nitrogens with one attached hydrogen (secondary N) is 1. The van der Waals surface area contributed by atoms with Crippen molar-refractivity contribution in [2.45, 2.75) is 13.5 Å². The molecule has 0 unspecified atom stereocenters. The summed E-state index contributed by atoms with van der Waals surface area (Å²) in [4.78, 5) is 0. The lowest BCUT2D eigenvalue weighted by molar-refractivity contribution is 0.399. The highest BCUT2D eigenvalue weighted by Gasteiger charge is 2.09. The Hall–Kier alpha value is -2.07. The lowest BCUT2D eigenvalue weighted by Gasteiger charge is -2.14. The topological polar surface area (TPSA) is 61.7 Å². The number of para-hydroxylation sites is 1. The van der Waals surface area contributed by atoms with E-state index in [1.807, 2.05) is 13.0 Å². The Labute approximate surface area is 122 Å². The monoisotopic (exact) mass is 293 g/mol. The maximum absolute atomic E-state index is 9.76. The number of hydrogen-bond donors (Lipinski definition) is 3. The van der Waals surface area contributed by atoms with Crippen LogP contribution in [0.15, 0.2) is 30.3 Å². The second kappa shape index (κ2) is 5.92. The predicted octanol–water partition coefficient (Wildman–Crippen LogP) is 3.68. The number of methoxy groups -OCH3 is 1. The molecular weight excluding hydrogens is 278 g/mol. The van der Waals surface area contributed by atoms with Crippen molar-refractivity contribution < 1.29 is 14.9 Å². The summed E-state index contributed by atoms with van der Waals surface area (Å²) in [6.07, 6.45) is 0. The molecule has 0 aliphatic carbocycles. The molecule has 2 aromatic rings. The summed E-state index contributed by atoms with van der Waals surface area (Å²) >= 11 is 6.05. The third-order valence-corrected chi connectivity index (χ3v) is 3.46. The number of aromatic hydroxyl groups is 2. The molecule has 5 heteroatoms. The molecule has 0 aromatic heterocycles. The molecule has 0 atom stereocenters. The normalized spacial score (nSPS) is 10.3. The van der Waals surface area contributed by atoms with Gasteiger partial charge in [-0.05, 0) is 24.6 Å². The molecule has 0 heterocycles. The summed E-state index contributed by atoms with van der Waals surface area (Å²) in [5, 5.41) is 23.0. The summed E-state index contributed by atoms with van der Waals surface area (Å²) in [6, 6.07) is 8.46. The fraction of sp³-hybridized carbons (Fsp3) is 0.200. The van der Waals surface area contributed by atoms with E-state index in [-0.39, 0.29) is 11.5 Å². The molecule has 20 heavy (non-hydrogen) atoms. The van der Waals surface area contributed by atoms with Gasteiger partial charge in [0.15, 0.2) is 11.5 Å². The second-order valence-electron chi connectivity index (χ2n) is 4.44. The fourth-order valence-electron chi connectivity index (χ4n) is 1.88. The van der Waals surface area contributed by atoms with Gasteiger partial charge in [0.05, 0.1) is 12.8 Å². The zero-order chi connectivity index (χ0) is 14.7. The van der Waals surface area contributed by atoms with Crippen molar-refractivity contribution in [1.29, 1.82) is 0 Å². The predicted molar refractivity (Wildman–Crippen MR) is 79.8 cm³/mol. The van der Waals surface area contributed by atoms with Gasteiger partial charge >= 0.3 is 0 Å². The largest absolute Gasteiger partial charge is 0.504 e.